The second-order valence-corrected chi connectivity index (χ2v) is 5.07. The van der Waals surface area contributed by atoms with Gasteiger partial charge in [0.05, 0.1) is 31.7 Å². The summed E-state index contributed by atoms with van der Waals surface area (Å²) in [6, 6.07) is 7.35. The zero-order valence-electron chi connectivity index (χ0n) is 13.1. The maximum absolute atomic E-state index is 5.46. The van der Waals surface area contributed by atoms with Crippen molar-refractivity contribution in [2.24, 2.45) is 0 Å². The van der Waals surface area contributed by atoms with E-state index in [0.717, 1.165) is 16.8 Å². The minimum Gasteiger partial charge on any atom is -0.495 e. The van der Waals surface area contributed by atoms with Crippen LogP contribution < -0.4 is 18.9 Å². The summed E-state index contributed by atoms with van der Waals surface area (Å²) in [6.07, 6.45) is 3.20. The Morgan fingerprint density at radius 3 is 2.75 bits per heavy atom. The summed E-state index contributed by atoms with van der Waals surface area (Å²) in [6.45, 7) is 0.168. The summed E-state index contributed by atoms with van der Waals surface area (Å²) in [5.74, 6) is 2.47. The van der Waals surface area contributed by atoms with E-state index in [9.17, 15) is 0 Å². The molecule has 0 unspecified atom stereocenters. The highest BCUT2D eigenvalue weighted by Crippen LogP contribution is 2.45. The van der Waals surface area contributed by atoms with E-state index in [1.165, 1.54) is 0 Å². The zero-order valence-corrected chi connectivity index (χ0v) is 13.1. The molecule has 7 heteroatoms. The normalized spacial score (nSPS) is 12.2. The lowest BCUT2D eigenvalue weighted by Gasteiger charge is -2.08. The summed E-state index contributed by atoms with van der Waals surface area (Å²) < 4.78 is 26.6. The van der Waals surface area contributed by atoms with Crippen LogP contribution in [0.2, 0.25) is 0 Å². The Balaban J connectivity index is 1.80. The van der Waals surface area contributed by atoms with Gasteiger partial charge in [0.15, 0.2) is 11.5 Å². The van der Waals surface area contributed by atoms with Gasteiger partial charge in [0.1, 0.15) is 17.7 Å². The molecule has 0 spiro atoms. The first kappa shape index (κ1) is 14.4. The van der Waals surface area contributed by atoms with Gasteiger partial charge in [0.25, 0.3) is 0 Å². The first-order chi connectivity index (χ1) is 11.8. The van der Waals surface area contributed by atoms with Gasteiger partial charge in [-0.3, -0.25) is 4.98 Å². The molecule has 3 heterocycles. The van der Waals surface area contributed by atoms with Crippen LogP contribution in [0.5, 0.6) is 23.0 Å². The molecule has 3 aromatic rings. The van der Waals surface area contributed by atoms with Crippen LogP contribution in [-0.4, -0.2) is 31.2 Å². The van der Waals surface area contributed by atoms with Crippen LogP contribution in [0.4, 0.5) is 0 Å². The first-order valence-electron chi connectivity index (χ1n) is 7.23. The van der Waals surface area contributed by atoms with E-state index >= 15 is 0 Å². The Kier molecular flexibility index (Phi) is 3.45. The topological polar surface area (TPSA) is 75.8 Å². The molecule has 0 aliphatic carbocycles. The van der Waals surface area contributed by atoms with Crippen LogP contribution in [0.15, 0.2) is 41.2 Å². The van der Waals surface area contributed by atoms with Crippen molar-refractivity contribution in [2.75, 3.05) is 21.0 Å². The highest BCUT2D eigenvalue weighted by Gasteiger charge is 2.23. The Morgan fingerprint density at radius 1 is 1.08 bits per heavy atom. The summed E-state index contributed by atoms with van der Waals surface area (Å²) in [7, 11) is 3.18. The number of rotatable bonds is 4. The molecule has 0 atom stereocenters. The lowest BCUT2D eigenvalue weighted by molar-refractivity contribution is 0.171. The maximum atomic E-state index is 5.46. The number of methoxy groups -OCH3 is 2. The average molecular weight is 326 g/mol. The zero-order chi connectivity index (χ0) is 16.5. The van der Waals surface area contributed by atoms with E-state index in [1.54, 1.807) is 26.7 Å². The molecule has 0 radical (unpaired) electrons. The molecule has 0 bridgehead atoms. The number of benzene rings is 1. The molecular weight excluding hydrogens is 312 g/mol. The largest absolute Gasteiger partial charge is 0.495 e. The van der Waals surface area contributed by atoms with E-state index in [2.05, 4.69) is 10.1 Å². The third kappa shape index (κ3) is 2.30. The fourth-order valence-corrected chi connectivity index (χ4v) is 2.55. The van der Waals surface area contributed by atoms with Gasteiger partial charge >= 0.3 is 0 Å². The molecule has 7 nitrogen and oxygen atoms in total. The van der Waals surface area contributed by atoms with Crippen LogP contribution in [0.3, 0.4) is 0 Å². The monoisotopic (exact) mass is 326 g/mol. The van der Waals surface area contributed by atoms with Crippen LogP contribution in [0, 0.1) is 0 Å². The van der Waals surface area contributed by atoms with E-state index < -0.39 is 0 Å². The van der Waals surface area contributed by atoms with E-state index in [4.69, 9.17) is 23.5 Å². The van der Waals surface area contributed by atoms with Crippen LogP contribution in [0.25, 0.3) is 22.5 Å². The van der Waals surface area contributed by atoms with E-state index in [1.807, 2.05) is 24.3 Å². The summed E-state index contributed by atoms with van der Waals surface area (Å²) >= 11 is 0. The molecule has 1 aliphatic rings. The number of aromatic nitrogens is 2. The minimum absolute atomic E-state index is 0.168. The second kappa shape index (κ2) is 5.77. The van der Waals surface area contributed by atoms with Gasteiger partial charge in [-0.05, 0) is 24.3 Å². The number of hydrogen-bond donors (Lipinski definition) is 0. The minimum atomic E-state index is 0.168. The quantitative estimate of drug-likeness (QED) is 0.729. The van der Waals surface area contributed by atoms with Gasteiger partial charge in [-0.2, -0.15) is 0 Å². The van der Waals surface area contributed by atoms with E-state index in [0.29, 0.717) is 28.7 Å². The Morgan fingerprint density at radius 2 is 2.00 bits per heavy atom. The fourth-order valence-electron chi connectivity index (χ4n) is 2.55. The number of fused-ring (bicyclic) bond motifs is 1. The van der Waals surface area contributed by atoms with Crippen molar-refractivity contribution >= 4 is 0 Å². The predicted octanol–water partition coefficient (Wildman–Crippen LogP) is 3.15. The van der Waals surface area contributed by atoms with Crippen LogP contribution in [-0.2, 0) is 0 Å². The molecule has 1 aliphatic heterocycles. The number of pyridine rings is 1. The first-order valence-corrected chi connectivity index (χ1v) is 7.23. The van der Waals surface area contributed by atoms with Crippen molar-refractivity contribution in [3.8, 4) is 45.5 Å². The summed E-state index contributed by atoms with van der Waals surface area (Å²) in [4.78, 5) is 4.38. The van der Waals surface area contributed by atoms with Gasteiger partial charge in [-0.15, -0.1) is 0 Å². The molecule has 122 valence electrons. The lowest BCUT2D eigenvalue weighted by Crippen LogP contribution is -1.93. The highest BCUT2D eigenvalue weighted by molar-refractivity contribution is 5.80. The highest BCUT2D eigenvalue weighted by atomic mass is 16.7. The molecule has 2 aromatic heterocycles. The van der Waals surface area contributed by atoms with Crippen LogP contribution >= 0.6 is 0 Å². The Bertz CT molecular complexity index is 873. The van der Waals surface area contributed by atoms with Crippen molar-refractivity contribution in [2.45, 2.75) is 0 Å². The van der Waals surface area contributed by atoms with Gasteiger partial charge in [0.2, 0.25) is 12.5 Å². The molecule has 0 saturated carbocycles. The van der Waals surface area contributed by atoms with Crippen molar-refractivity contribution in [1.82, 2.24) is 10.1 Å². The maximum Gasteiger partial charge on any atom is 0.231 e. The average Bonchev–Trinajstić information content (AvgIpc) is 3.29. The van der Waals surface area contributed by atoms with Crippen molar-refractivity contribution < 1.29 is 23.5 Å². The second-order valence-electron chi connectivity index (χ2n) is 5.07. The molecular formula is C17H14N2O5. The van der Waals surface area contributed by atoms with Gasteiger partial charge < -0.3 is 23.5 Å². The molecule has 0 amide bonds. The molecule has 0 fully saturated rings. The molecule has 0 N–H and O–H groups in total. The predicted molar refractivity (Wildman–Crippen MR) is 84.4 cm³/mol. The van der Waals surface area contributed by atoms with Crippen molar-refractivity contribution in [3.05, 3.63) is 36.7 Å². The molecule has 1 aromatic carbocycles. The van der Waals surface area contributed by atoms with E-state index in [-0.39, 0.29) is 6.79 Å². The SMILES string of the molecule is COc1ccc(-c2conc2-c2cc(OC)c3c(c2)OCO3)nc1. The van der Waals surface area contributed by atoms with Gasteiger partial charge in [0, 0.05) is 5.56 Å². The Labute approximate surface area is 137 Å². The lowest BCUT2D eigenvalue weighted by atomic mass is 10.0. The van der Waals surface area contributed by atoms with Crippen LogP contribution in [0.1, 0.15) is 0 Å². The fraction of sp³-hybridized carbons (Fsp3) is 0.176. The van der Waals surface area contributed by atoms with Gasteiger partial charge in [-0.1, -0.05) is 5.16 Å². The molecule has 4 rings (SSSR count). The smallest absolute Gasteiger partial charge is 0.231 e. The number of hydrogen-bond acceptors (Lipinski definition) is 7. The molecule has 0 saturated heterocycles. The van der Waals surface area contributed by atoms with Gasteiger partial charge in [-0.25, -0.2) is 0 Å². The van der Waals surface area contributed by atoms with Crippen molar-refractivity contribution in [1.29, 1.82) is 0 Å². The third-order valence-corrected chi connectivity index (χ3v) is 3.75. The summed E-state index contributed by atoms with van der Waals surface area (Å²) in [5, 5.41) is 4.11. The third-order valence-electron chi connectivity index (χ3n) is 3.75. The molecule has 24 heavy (non-hydrogen) atoms. The number of ether oxygens (including phenoxy) is 4. The van der Waals surface area contributed by atoms with Crippen molar-refractivity contribution in [3.63, 3.8) is 0 Å². The summed E-state index contributed by atoms with van der Waals surface area (Å²) in [5.41, 5.74) is 2.92. The Hall–Kier alpha value is -3.22. The number of nitrogens with zero attached hydrogens (tertiary/aromatic N) is 2. The standard InChI is InChI=1S/C17H14N2O5/c1-20-11-3-4-13(18-7-11)12-8-24-19-16(12)10-5-14(21-2)17-15(6-10)22-9-23-17/h3-8H,9H2,1-2H3.